The molecule has 0 radical (unpaired) electrons. The Kier molecular flexibility index (Phi) is 5.90. The lowest BCUT2D eigenvalue weighted by Crippen LogP contribution is -2.47. The number of amides is 1. The van der Waals surface area contributed by atoms with Gasteiger partial charge in [0.1, 0.15) is 18.1 Å². The lowest BCUT2D eigenvalue weighted by atomic mass is 10.1. The van der Waals surface area contributed by atoms with Crippen molar-refractivity contribution in [1.29, 1.82) is 0 Å². The van der Waals surface area contributed by atoms with E-state index in [-0.39, 0.29) is 11.9 Å². The standard InChI is InChI=1S/C19H25N3O4/c1-12-16(13(2)26-22-12)11-25-15-7-5-14(6-8-15)19(24)21-17-10-20-9-3-4-18(17)23/h5-8,17-18,20,23H,3-4,9-11H2,1-2H3,(H,21,24)/t17-,18+/m0/s1. The first kappa shape index (κ1) is 18.4. The van der Waals surface area contributed by atoms with Gasteiger partial charge in [-0.25, -0.2) is 0 Å². The van der Waals surface area contributed by atoms with Crippen LogP contribution >= 0.6 is 0 Å². The molecular formula is C19H25N3O4. The van der Waals surface area contributed by atoms with Crippen molar-refractivity contribution in [2.24, 2.45) is 0 Å². The zero-order valence-corrected chi connectivity index (χ0v) is 15.1. The average molecular weight is 359 g/mol. The summed E-state index contributed by atoms with van der Waals surface area (Å²) in [4.78, 5) is 12.4. The van der Waals surface area contributed by atoms with Crippen LogP contribution in [0.15, 0.2) is 28.8 Å². The van der Waals surface area contributed by atoms with Crippen molar-refractivity contribution in [2.45, 2.75) is 45.4 Å². The molecule has 0 spiro atoms. The molecule has 3 N–H and O–H groups in total. The van der Waals surface area contributed by atoms with Crippen molar-refractivity contribution in [1.82, 2.24) is 15.8 Å². The van der Waals surface area contributed by atoms with Crippen LogP contribution < -0.4 is 15.4 Å². The smallest absolute Gasteiger partial charge is 0.251 e. The average Bonchev–Trinajstić information content (AvgIpc) is 2.82. The van der Waals surface area contributed by atoms with E-state index in [0.717, 1.165) is 30.0 Å². The number of nitrogens with one attached hydrogen (secondary N) is 2. The summed E-state index contributed by atoms with van der Waals surface area (Å²) in [7, 11) is 0. The Morgan fingerprint density at radius 1 is 1.38 bits per heavy atom. The maximum Gasteiger partial charge on any atom is 0.251 e. The first-order valence-electron chi connectivity index (χ1n) is 8.89. The van der Waals surface area contributed by atoms with Gasteiger partial charge in [0.2, 0.25) is 0 Å². The van der Waals surface area contributed by atoms with Crippen LogP contribution in [0.2, 0.25) is 0 Å². The maximum atomic E-state index is 12.4. The third-order valence-corrected chi connectivity index (χ3v) is 4.68. The highest BCUT2D eigenvalue weighted by atomic mass is 16.5. The SMILES string of the molecule is Cc1noc(C)c1COc1ccc(C(=O)N[C@H]2CNCCC[C@H]2O)cc1. The largest absolute Gasteiger partial charge is 0.489 e. The summed E-state index contributed by atoms with van der Waals surface area (Å²) >= 11 is 0. The quantitative estimate of drug-likeness (QED) is 0.752. The first-order chi connectivity index (χ1) is 12.5. The summed E-state index contributed by atoms with van der Waals surface area (Å²) in [6.07, 6.45) is 1.07. The summed E-state index contributed by atoms with van der Waals surface area (Å²) in [5, 5.41) is 20.1. The maximum absolute atomic E-state index is 12.4. The molecule has 2 aromatic rings. The van der Waals surface area contributed by atoms with E-state index in [9.17, 15) is 9.90 Å². The second-order valence-electron chi connectivity index (χ2n) is 6.61. The molecule has 3 rings (SSSR count). The van der Waals surface area contributed by atoms with E-state index in [1.54, 1.807) is 24.3 Å². The van der Waals surface area contributed by atoms with Gasteiger partial charge in [0.15, 0.2) is 0 Å². The minimum Gasteiger partial charge on any atom is -0.489 e. The monoisotopic (exact) mass is 359 g/mol. The van der Waals surface area contributed by atoms with Gasteiger partial charge >= 0.3 is 0 Å². The van der Waals surface area contributed by atoms with Gasteiger partial charge in [0.05, 0.1) is 23.4 Å². The zero-order valence-electron chi connectivity index (χ0n) is 15.1. The van der Waals surface area contributed by atoms with Crippen LogP contribution in [0.4, 0.5) is 0 Å². The number of hydrogen-bond donors (Lipinski definition) is 3. The number of aryl methyl sites for hydroxylation is 2. The number of ether oxygens (including phenoxy) is 1. The lowest BCUT2D eigenvalue weighted by molar-refractivity contribution is 0.0832. The number of carbonyl (C=O) groups is 1. The van der Waals surface area contributed by atoms with Crippen molar-refractivity contribution in [3.63, 3.8) is 0 Å². The summed E-state index contributed by atoms with van der Waals surface area (Å²) in [6, 6.07) is 6.67. The molecule has 7 heteroatoms. The normalized spacial score (nSPS) is 20.4. The number of carbonyl (C=O) groups excluding carboxylic acids is 1. The highest BCUT2D eigenvalue weighted by molar-refractivity contribution is 5.94. The van der Waals surface area contributed by atoms with Crippen LogP contribution in [-0.2, 0) is 6.61 Å². The third-order valence-electron chi connectivity index (χ3n) is 4.68. The molecular weight excluding hydrogens is 334 g/mol. The molecule has 0 bridgehead atoms. The van der Waals surface area contributed by atoms with Gasteiger partial charge in [-0.2, -0.15) is 0 Å². The summed E-state index contributed by atoms with van der Waals surface area (Å²) in [6.45, 7) is 5.53. The zero-order chi connectivity index (χ0) is 18.5. The lowest BCUT2D eigenvalue weighted by Gasteiger charge is -2.21. The number of rotatable bonds is 5. The molecule has 0 unspecified atom stereocenters. The Morgan fingerprint density at radius 3 is 2.85 bits per heavy atom. The predicted octanol–water partition coefficient (Wildman–Crippen LogP) is 1.71. The molecule has 1 aromatic heterocycles. The molecule has 140 valence electrons. The van der Waals surface area contributed by atoms with Crippen molar-refractivity contribution in [3.8, 4) is 5.75 Å². The van der Waals surface area contributed by atoms with Gasteiger partial charge < -0.3 is 25.0 Å². The fourth-order valence-electron chi connectivity index (χ4n) is 3.00. The van der Waals surface area contributed by atoms with Crippen molar-refractivity contribution in [2.75, 3.05) is 13.1 Å². The van der Waals surface area contributed by atoms with Crippen molar-refractivity contribution < 1.29 is 19.2 Å². The Hall–Kier alpha value is -2.38. The molecule has 1 aliphatic heterocycles. The molecule has 2 atom stereocenters. The summed E-state index contributed by atoms with van der Waals surface area (Å²) in [5.41, 5.74) is 2.28. The Balaban J connectivity index is 1.57. The second-order valence-corrected chi connectivity index (χ2v) is 6.61. The highest BCUT2D eigenvalue weighted by Crippen LogP contribution is 2.18. The van der Waals surface area contributed by atoms with E-state index in [0.29, 0.717) is 30.9 Å². The van der Waals surface area contributed by atoms with Crippen LogP contribution in [-0.4, -0.2) is 41.4 Å². The highest BCUT2D eigenvalue weighted by Gasteiger charge is 2.23. The molecule has 0 aliphatic carbocycles. The van der Waals surface area contributed by atoms with Crippen LogP contribution in [0.3, 0.4) is 0 Å². The first-order valence-corrected chi connectivity index (χ1v) is 8.89. The fourth-order valence-corrected chi connectivity index (χ4v) is 3.00. The minimum atomic E-state index is -0.522. The molecule has 1 aromatic carbocycles. The fraction of sp³-hybridized carbons (Fsp3) is 0.474. The van der Waals surface area contributed by atoms with Gasteiger partial charge in [0.25, 0.3) is 5.91 Å². The number of aromatic nitrogens is 1. The molecule has 1 amide bonds. The Bertz CT molecular complexity index is 722. The topological polar surface area (TPSA) is 96.6 Å². The van der Waals surface area contributed by atoms with Gasteiger partial charge in [0, 0.05) is 12.1 Å². The van der Waals surface area contributed by atoms with Crippen LogP contribution in [0.5, 0.6) is 5.75 Å². The van der Waals surface area contributed by atoms with Gasteiger partial charge in [-0.1, -0.05) is 5.16 Å². The molecule has 1 fully saturated rings. The van der Waals surface area contributed by atoms with Crippen molar-refractivity contribution in [3.05, 3.63) is 46.8 Å². The van der Waals surface area contributed by atoms with Crippen molar-refractivity contribution >= 4 is 5.91 Å². The van der Waals surface area contributed by atoms with Crippen LogP contribution in [0, 0.1) is 13.8 Å². The van der Waals surface area contributed by atoms with Gasteiger partial charge in [-0.3, -0.25) is 4.79 Å². The molecule has 1 saturated heterocycles. The van der Waals surface area contributed by atoms with Crippen LogP contribution in [0.1, 0.15) is 40.2 Å². The van der Waals surface area contributed by atoms with Gasteiger partial charge in [-0.05, 0) is 57.5 Å². The Morgan fingerprint density at radius 2 is 2.15 bits per heavy atom. The molecule has 26 heavy (non-hydrogen) atoms. The number of aliphatic hydroxyl groups excluding tert-OH is 1. The summed E-state index contributed by atoms with van der Waals surface area (Å²) < 4.78 is 10.9. The predicted molar refractivity (Wildman–Crippen MR) is 96.1 cm³/mol. The van der Waals surface area contributed by atoms with E-state index in [1.165, 1.54) is 0 Å². The number of aliphatic hydroxyl groups is 1. The number of nitrogens with zero attached hydrogens (tertiary/aromatic N) is 1. The second kappa shape index (κ2) is 8.33. The number of benzene rings is 1. The minimum absolute atomic E-state index is 0.199. The third kappa shape index (κ3) is 4.42. The van der Waals surface area contributed by atoms with Gasteiger partial charge in [-0.15, -0.1) is 0 Å². The van der Waals surface area contributed by atoms with E-state index in [2.05, 4.69) is 15.8 Å². The number of hydrogen-bond acceptors (Lipinski definition) is 6. The molecule has 7 nitrogen and oxygen atoms in total. The van der Waals surface area contributed by atoms with Crippen LogP contribution in [0.25, 0.3) is 0 Å². The molecule has 2 heterocycles. The molecule has 0 saturated carbocycles. The van der Waals surface area contributed by atoms with E-state index in [1.807, 2.05) is 13.8 Å². The molecule has 1 aliphatic rings. The van der Waals surface area contributed by atoms with E-state index >= 15 is 0 Å². The summed E-state index contributed by atoms with van der Waals surface area (Å²) in [5.74, 6) is 1.21. The van der Waals surface area contributed by atoms with E-state index < -0.39 is 6.10 Å². The van der Waals surface area contributed by atoms with E-state index in [4.69, 9.17) is 9.26 Å². The Labute approximate surface area is 152 Å².